The van der Waals surface area contributed by atoms with E-state index in [2.05, 4.69) is 89.2 Å². The van der Waals surface area contributed by atoms with Gasteiger partial charge in [-0.1, -0.05) is 78.9 Å². The number of piperazine rings is 1. The first-order valence-corrected chi connectivity index (χ1v) is 7.67. The Morgan fingerprint density at radius 3 is 1.95 bits per heavy atom. The van der Waals surface area contributed by atoms with Gasteiger partial charge < -0.3 is 5.32 Å². The first-order valence-electron chi connectivity index (χ1n) is 7.67. The fourth-order valence-electron chi connectivity index (χ4n) is 3.56. The van der Waals surface area contributed by atoms with Crippen LogP contribution in [-0.2, 0) is 6.54 Å². The zero-order chi connectivity index (χ0) is 14.1. The van der Waals surface area contributed by atoms with Gasteiger partial charge in [0, 0.05) is 30.7 Å². The lowest BCUT2D eigenvalue weighted by Gasteiger charge is -2.49. The fourth-order valence-corrected chi connectivity index (χ4v) is 3.56. The summed E-state index contributed by atoms with van der Waals surface area (Å²) in [7, 11) is 0. The highest BCUT2D eigenvalue weighted by Gasteiger charge is 2.39. The van der Waals surface area contributed by atoms with Crippen LogP contribution in [-0.4, -0.2) is 29.1 Å². The molecule has 1 N–H and O–H groups in total. The first kappa shape index (κ1) is 12.8. The van der Waals surface area contributed by atoms with E-state index in [1.807, 2.05) is 0 Å². The second-order valence-electron chi connectivity index (χ2n) is 5.90. The number of allylic oxidation sites excluding steroid dienone is 4. The van der Waals surface area contributed by atoms with Gasteiger partial charge in [-0.3, -0.25) is 4.90 Å². The summed E-state index contributed by atoms with van der Waals surface area (Å²) >= 11 is 0. The molecule has 21 heavy (non-hydrogen) atoms. The zero-order valence-electron chi connectivity index (χ0n) is 12.0. The van der Waals surface area contributed by atoms with E-state index in [0.29, 0.717) is 24.2 Å². The van der Waals surface area contributed by atoms with Crippen LogP contribution in [0.25, 0.3) is 0 Å². The molecule has 0 bridgehead atoms. The topological polar surface area (TPSA) is 15.3 Å². The van der Waals surface area contributed by atoms with Crippen LogP contribution < -0.4 is 5.32 Å². The van der Waals surface area contributed by atoms with Gasteiger partial charge in [0.15, 0.2) is 0 Å². The van der Waals surface area contributed by atoms with Crippen LogP contribution in [0.3, 0.4) is 0 Å². The molecule has 2 heteroatoms. The molecule has 0 amide bonds. The molecule has 1 heterocycles. The van der Waals surface area contributed by atoms with Crippen LogP contribution in [0.2, 0.25) is 0 Å². The van der Waals surface area contributed by atoms with E-state index in [0.717, 1.165) is 6.54 Å². The summed E-state index contributed by atoms with van der Waals surface area (Å²) in [5.41, 5.74) is 1.38. The highest BCUT2D eigenvalue weighted by molar-refractivity contribution is 5.30. The average molecular weight is 276 g/mol. The van der Waals surface area contributed by atoms with Crippen molar-refractivity contribution < 1.29 is 0 Å². The number of fused-ring (bicyclic) bond motifs is 2. The highest BCUT2D eigenvalue weighted by atomic mass is 15.3. The molecule has 0 saturated carbocycles. The van der Waals surface area contributed by atoms with Gasteiger partial charge >= 0.3 is 0 Å². The van der Waals surface area contributed by atoms with E-state index in [-0.39, 0.29) is 0 Å². The molecular weight excluding hydrogens is 256 g/mol. The lowest BCUT2D eigenvalue weighted by Crippen LogP contribution is -2.65. The van der Waals surface area contributed by atoms with E-state index >= 15 is 0 Å². The molecule has 4 atom stereocenters. The van der Waals surface area contributed by atoms with Crippen molar-refractivity contribution in [1.82, 2.24) is 10.2 Å². The van der Waals surface area contributed by atoms with Gasteiger partial charge in [0.1, 0.15) is 0 Å². The van der Waals surface area contributed by atoms with Crippen molar-refractivity contribution in [1.29, 1.82) is 0 Å². The Labute approximate surface area is 126 Å². The average Bonchev–Trinajstić information content (AvgIpc) is 2.55. The molecule has 3 aliphatic rings. The van der Waals surface area contributed by atoms with Crippen LogP contribution in [0.4, 0.5) is 0 Å². The molecular formula is C19H20N2. The molecule has 0 aromatic heterocycles. The second-order valence-corrected chi connectivity index (χ2v) is 5.90. The predicted molar refractivity (Wildman–Crippen MR) is 86.8 cm³/mol. The Morgan fingerprint density at radius 1 is 0.762 bits per heavy atom. The van der Waals surface area contributed by atoms with Gasteiger partial charge in [0.2, 0.25) is 0 Å². The van der Waals surface area contributed by atoms with Crippen molar-refractivity contribution in [2.45, 2.75) is 30.7 Å². The molecule has 106 valence electrons. The molecule has 1 aliphatic heterocycles. The van der Waals surface area contributed by atoms with Crippen molar-refractivity contribution >= 4 is 0 Å². The van der Waals surface area contributed by atoms with Crippen molar-refractivity contribution in [3.63, 3.8) is 0 Å². The first-order chi connectivity index (χ1) is 10.4. The molecule has 4 rings (SSSR count). The van der Waals surface area contributed by atoms with E-state index in [4.69, 9.17) is 0 Å². The summed E-state index contributed by atoms with van der Waals surface area (Å²) in [6.45, 7) is 0.987. The number of rotatable bonds is 2. The summed E-state index contributed by atoms with van der Waals surface area (Å²) in [5, 5.41) is 3.76. The van der Waals surface area contributed by atoms with Gasteiger partial charge in [0.25, 0.3) is 0 Å². The number of nitrogens with one attached hydrogen (secondary N) is 1. The SMILES string of the molecule is C1=CC2NC3C=CC=CC3N(Cc3ccccc3)C2C=C1. The lowest BCUT2D eigenvalue weighted by atomic mass is 9.88. The van der Waals surface area contributed by atoms with Gasteiger partial charge in [-0.05, 0) is 5.56 Å². The van der Waals surface area contributed by atoms with Crippen LogP contribution >= 0.6 is 0 Å². The molecule has 0 radical (unpaired) electrons. The molecule has 1 aromatic rings. The summed E-state index contributed by atoms with van der Waals surface area (Å²) < 4.78 is 0. The Kier molecular flexibility index (Phi) is 3.34. The fraction of sp³-hybridized carbons (Fsp3) is 0.263. The highest BCUT2D eigenvalue weighted by Crippen LogP contribution is 2.28. The van der Waals surface area contributed by atoms with E-state index < -0.39 is 0 Å². The Hall–Kier alpha value is -1.90. The Bertz CT molecular complexity index is 578. The maximum atomic E-state index is 3.76. The van der Waals surface area contributed by atoms with Crippen molar-refractivity contribution in [2.24, 2.45) is 0 Å². The summed E-state index contributed by atoms with van der Waals surface area (Å²) in [5.74, 6) is 0. The smallest absolute Gasteiger partial charge is 0.0481 e. The number of nitrogens with zero attached hydrogens (tertiary/aromatic N) is 1. The van der Waals surface area contributed by atoms with Gasteiger partial charge in [-0.2, -0.15) is 0 Å². The van der Waals surface area contributed by atoms with Crippen LogP contribution in [0, 0.1) is 0 Å². The van der Waals surface area contributed by atoms with Crippen molar-refractivity contribution in [3.05, 3.63) is 84.5 Å². The van der Waals surface area contributed by atoms with E-state index in [1.54, 1.807) is 0 Å². The van der Waals surface area contributed by atoms with Crippen molar-refractivity contribution in [3.8, 4) is 0 Å². The minimum absolute atomic E-state index is 0.399. The molecule has 2 nitrogen and oxygen atoms in total. The van der Waals surface area contributed by atoms with Gasteiger partial charge in [-0.25, -0.2) is 0 Å². The summed E-state index contributed by atoms with van der Waals surface area (Å²) in [6, 6.07) is 12.4. The normalized spacial score (nSPS) is 33.7. The predicted octanol–water partition coefficient (Wildman–Crippen LogP) is 2.82. The van der Waals surface area contributed by atoms with Crippen LogP contribution in [0.1, 0.15) is 5.56 Å². The maximum absolute atomic E-state index is 3.76. The van der Waals surface area contributed by atoms with E-state index in [9.17, 15) is 0 Å². The number of benzene rings is 1. The van der Waals surface area contributed by atoms with Crippen LogP contribution in [0.15, 0.2) is 78.9 Å². The standard InChI is InChI=1S/C19H20N2/c1-2-8-15(9-3-1)14-21-18-12-6-4-10-16(18)20-17-11-5-7-13-19(17)21/h1-13,16-20H,14H2. The molecule has 4 unspecified atom stereocenters. The third-order valence-corrected chi connectivity index (χ3v) is 4.57. The molecule has 2 aliphatic carbocycles. The monoisotopic (exact) mass is 276 g/mol. The van der Waals surface area contributed by atoms with Gasteiger partial charge in [-0.15, -0.1) is 0 Å². The minimum atomic E-state index is 0.399. The number of hydrogen-bond acceptors (Lipinski definition) is 2. The Balaban J connectivity index is 1.66. The molecule has 1 aromatic carbocycles. The van der Waals surface area contributed by atoms with Crippen LogP contribution in [0.5, 0.6) is 0 Å². The molecule has 1 saturated heterocycles. The molecule has 1 fully saturated rings. The minimum Gasteiger partial charge on any atom is -0.301 e. The lowest BCUT2D eigenvalue weighted by molar-refractivity contribution is 0.0965. The quantitative estimate of drug-likeness (QED) is 0.893. The summed E-state index contributed by atoms with van der Waals surface area (Å²) in [6.07, 6.45) is 17.9. The third-order valence-electron chi connectivity index (χ3n) is 4.57. The largest absolute Gasteiger partial charge is 0.301 e. The Morgan fingerprint density at radius 2 is 1.33 bits per heavy atom. The second kappa shape index (κ2) is 5.47. The third kappa shape index (κ3) is 2.41. The molecule has 0 spiro atoms. The zero-order valence-corrected chi connectivity index (χ0v) is 12.0. The number of hydrogen-bond donors (Lipinski definition) is 1. The summed E-state index contributed by atoms with van der Waals surface area (Å²) in [4.78, 5) is 2.61. The van der Waals surface area contributed by atoms with Crippen molar-refractivity contribution in [2.75, 3.05) is 0 Å². The van der Waals surface area contributed by atoms with Gasteiger partial charge in [0.05, 0.1) is 0 Å². The maximum Gasteiger partial charge on any atom is 0.0481 e. The van der Waals surface area contributed by atoms with E-state index in [1.165, 1.54) is 5.56 Å².